The molecule has 0 aromatic carbocycles. The highest BCUT2D eigenvalue weighted by Gasteiger charge is 2.44. The summed E-state index contributed by atoms with van der Waals surface area (Å²) in [6.07, 6.45) is 4.68. The molecule has 0 saturated heterocycles. The van der Waals surface area contributed by atoms with Crippen LogP contribution in [0.2, 0.25) is 0 Å². The van der Waals surface area contributed by atoms with Crippen LogP contribution >= 0.6 is 0 Å². The lowest BCUT2D eigenvalue weighted by Crippen LogP contribution is -2.33. The minimum absolute atomic E-state index is 0.00626. The summed E-state index contributed by atoms with van der Waals surface area (Å²) in [5.74, 6) is 1.44. The summed E-state index contributed by atoms with van der Waals surface area (Å²) >= 11 is 0. The maximum absolute atomic E-state index is 12.3. The monoisotopic (exact) mass is 606 g/mol. The first-order chi connectivity index (χ1) is 21.2. The summed E-state index contributed by atoms with van der Waals surface area (Å²) in [6.45, 7) is 9.31. The van der Waals surface area contributed by atoms with E-state index in [1.807, 2.05) is 46.8 Å². The molecule has 0 saturated carbocycles. The van der Waals surface area contributed by atoms with Gasteiger partial charge in [-0.1, -0.05) is 12.1 Å². The molecule has 0 fully saturated rings. The average Bonchev–Trinajstić information content (AvgIpc) is 3.30. The van der Waals surface area contributed by atoms with Crippen LogP contribution in [0.5, 0.6) is 0 Å². The highest BCUT2D eigenvalue weighted by molar-refractivity contribution is 6.08. The second-order valence-corrected chi connectivity index (χ2v) is 11.9. The topological polar surface area (TPSA) is 150 Å². The maximum Gasteiger partial charge on any atom is 0.258 e. The Morgan fingerprint density at radius 2 is 1.22 bits per heavy atom. The molecule has 12 nitrogen and oxygen atoms in total. The molecule has 2 aliphatic heterocycles. The molecule has 2 aliphatic rings. The lowest BCUT2D eigenvalue weighted by molar-refractivity contribution is -0.122. The molecule has 0 aliphatic carbocycles. The van der Waals surface area contributed by atoms with Gasteiger partial charge in [-0.15, -0.1) is 0 Å². The first kappa shape index (κ1) is 30.9. The van der Waals surface area contributed by atoms with Crippen molar-refractivity contribution in [3.63, 3.8) is 0 Å². The van der Waals surface area contributed by atoms with Crippen LogP contribution in [-0.4, -0.2) is 57.7 Å². The van der Waals surface area contributed by atoms with Crippen LogP contribution in [-0.2, 0) is 20.4 Å². The third-order valence-electron chi connectivity index (χ3n) is 7.98. The van der Waals surface area contributed by atoms with E-state index < -0.39 is 10.8 Å². The van der Waals surface area contributed by atoms with Crippen molar-refractivity contribution < 1.29 is 19.2 Å². The van der Waals surface area contributed by atoms with E-state index in [2.05, 4.69) is 30.6 Å². The van der Waals surface area contributed by atoms with E-state index >= 15 is 0 Å². The zero-order valence-corrected chi connectivity index (χ0v) is 26.2. The van der Waals surface area contributed by atoms with Gasteiger partial charge in [0, 0.05) is 55.1 Å². The Labute approximate surface area is 260 Å². The van der Waals surface area contributed by atoms with Gasteiger partial charge in [0.05, 0.1) is 16.4 Å². The fourth-order valence-electron chi connectivity index (χ4n) is 5.35. The molecule has 45 heavy (non-hydrogen) atoms. The quantitative estimate of drug-likeness (QED) is 0.350. The van der Waals surface area contributed by atoms with Gasteiger partial charge in [0.15, 0.2) is 0 Å². The number of pyridine rings is 4. The second-order valence-electron chi connectivity index (χ2n) is 11.9. The van der Waals surface area contributed by atoms with Crippen molar-refractivity contribution in [1.29, 1.82) is 0 Å². The SMILES string of the molecule is CN1C(=O)C(C)(C)c2ccc(NC(=O)c3cccnc3)nc21.Cc1cc(C(=O)Nc2ccc3c(n2)N(C)C(=O)C3(C)C)ccn1. The second kappa shape index (κ2) is 11.5. The van der Waals surface area contributed by atoms with Crippen molar-refractivity contribution in [1.82, 2.24) is 19.9 Å². The Hall–Kier alpha value is -5.52. The van der Waals surface area contributed by atoms with Crippen molar-refractivity contribution in [2.75, 3.05) is 34.5 Å². The molecule has 6 rings (SSSR count). The van der Waals surface area contributed by atoms with E-state index in [4.69, 9.17) is 0 Å². The van der Waals surface area contributed by atoms with E-state index in [0.717, 1.165) is 16.8 Å². The van der Waals surface area contributed by atoms with Gasteiger partial charge in [-0.3, -0.25) is 38.9 Å². The third-order valence-corrected chi connectivity index (χ3v) is 7.98. The van der Waals surface area contributed by atoms with Crippen molar-refractivity contribution in [2.45, 2.75) is 45.4 Å². The summed E-state index contributed by atoms with van der Waals surface area (Å²) in [5, 5.41) is 5.48. The zero-order chi connectivity index (χ0) is 32.7. The Balaban J connectivity index is 0.000000178. The molecule has 0 unspecified atom stereocenters. The predicted octanol–water partition coefficient (Wildman–Crippen LogP) is 4.27. The number of amides is 4. The Morgan fingerprint density at radius 3 is 1.69 bits per heavy atom. The highest BCUT2D eigenvalue weighted by Crippen LogP contribution is 2.41. The molecule has 0 bridgehead atoms. The number of aromatic nitrogens is 4. The molecule has 230 valence electrons. The van der Waals surface area contributed by atoms with Crippen LogP contribution in [0.1, 0.15) is 65.2 Å². The van der Waals surface area contributed by atoms with E-state index in [1.54, 1.807) is 62.9 Å². The van der Waals surface area contributed by atoms with Crippen LogP contribution in [0, 0.1) is 6.92 Å². The molecule has 4 aromatic rings. The van der Waals surface area contributed by atoms with Crippen LogP contribution in [0.4, 0.5) is 23.3 Å². The van der Waals surface area contributed by atoms with E-state index in [1.165, 1.54) is 16.0 Å². The van der Waals surface area contributed by atoms with Gasteiger partial charge in [-0.05, 0) is 71.0 Å². The molecule has 4 aromatic heterocycles. The van der Waals surface area contributed by atoms with Gasteiger partial charge in [0.25, 0.3) is 11.8 Å². The fraction of sp³-hybridized carbons (Fsp3) is 0.273. The number of nitrogens with zero attached hydrogens (tertiary/aromatic N) is 6. The van der Waals surface area contributed by atoms with E-state index in [9.17, 15) is 19.2 Å². The van der Waals surface area contributed by atoms with Crippen molar-refractivity contribution >= 4 is 46.9 Å². The summed E-state index contributed by atoms with van der Waals surface area (Å²) in [7, 11) is 3.39. The molecule has 12 heteroatoms. The van der Waals surface area contributed by atoms with Gasteiger partial charge in [0.1, 0.15) is 23.3 Å². The predicted molar refractivity (Wildman–Crippen MR) is 170 cm³/mol. The normalized spacial score (nSPS) is 15.5. The van der Waals surface area contributed by atoms with Crippen molar-refractivity contribution in [2.24, 2.45) is 0 Å². The van der Waals surface area contributed by atoms with Gasteiger partial charge in [-0.25, -0.2) is 9.97 Å². The van der Waals surface area contributed by atoms with Gasteiger partial charge >= 0.3 is 0 Å². The van der Waals surface area contributed by atoms with Crippen LogP contribution < -0.4 is 20.4 Å². The number of carbonyl (C=O) groups is 4. The number of anilines is 4. The molecule has 2 N–H and O–H groups in total. The minimum atomic E-state index is -0.595. The summed E-state index contributed by atoms with van der Waals surface area (Å²) in [4.78, 5) is 68.8. The minimum Gasteiger partial charge on any atom is -0.306 e. The lowest BCUT2D eigenvalue weighted by Gasteiger charge is -2.15. The maximum atomic E-state index is 12.3. The van der Waals surface area contributed by atoms with Gasteiger partial charge in [-0.2, -0.15) is 0 Å². The van der Waals surface area contributed by atoms with E-state index in [-0.39, 0.29) is 23.6 Å². The number of fused-ring (bicyclic) bond motifs is 2. The van der Waals surface area contributed by atoms with Crippen LogP contribution in [0.15, 0.2) is 67.1 Å². The number of hydrogen-bond donors (Lipinski definition) is 2. The van der Waals surface area contributed by atoms with Crippen molar-refractivity contribution in [3.05, 3.63) is 95.1 Å². The smallest absolute Gasteiger partial charge is 0.258 e. The Bertz CT molecular complexity index is 1840. The Morgan fingerprint density at radius 1 is 0.711 bits per heavy atom. The number of aryl methyl sites for hydroxylation is 1. The fourth-order valence-corrected chi connectivity index (χ4v) is 5.35. The number of rotatable bonds is 4. The summed E-state index contributed by atoms with van der Waals surface area (Å²) in [5.41, 5.74) is 2.28. The number of carbonyl (C=O) groups excluding carboxylic acids is 4. The summed E-state index contributed by atoms with van der Waals surface area (Å²) < 4.78 is 0. The number of likely N-dealkylation sites (N-methyl/N-ethyl adjacent to an activating group) is 2. The average molecular weight is 607 g/mol. The Kier molecular flexibility index (Phi) is 7.92. The molecule has 6 heterocycles. The standard InChI is InChI=1S/C17H18N4O2.C16H16N4O2/c1-10-9-11(7-8-18-10)15(22)20-13-6-5-12-14(19-13)21(4)16(23)17(12,2)3;1-16(2)11-6-7-12(18-13(11)20(3)15(16)22)19-14(21)10-5-4-8-17-9-10/h5-9H,1-4H3,(H,19,20,22);4-9H,1-3H3,(H,18,19,21). The molecular weight excluding hydrogens is 572 g/mol. The first-order valence-electron chi connectivity index (χ1n) is 14.3. The van der Waals surface area contributed by atoms with Gasteiger partial charge in [0.2, 0.25) is 11.8 Å². The number of nitrogens with one attached hydrogen (secondary N) is 2. The van der Waals surface area contributed by atoms with Crippen molar-refractivity contribution in [3.8, 4) is 0 Å². The zero-order valence-electron chi connectivity index (χ0n) is 26.2. The van der Waals surface area contributed by atoms with Crippen LogP contribution in [0.3, 0.4) is 0 Å². The molecule has 0 atom stereocenters. The largest absolute Gasteiger partial charge is 0.306 e. The molecule has 4 amide bonds. The van der Waals surface area contributed by atoms with Crippen LogP contribution in [0.25, 0.3) is 0 Å². The molecular formula is C33H34N8O4. The lowest BCUT2D eigenvalue weighted by atomic mass is 9.87. The molecule has 0 spiro atoms. The number of hydrogen-bond acceptors (Lipinski definition) is 8. The first-order valence-corrected chi connectivity index (χ1v) is 14.3. The summed E-state index contributed by atoms with van der Waals surface area (Å²) in [6, 6.07) is 13.8. The molecule has 0 radical (unpaired) electrons. The van der Waals surface area contributed by atoms with E-state index in [0.29, 0.717) is 34.4 Å². The van der Waals surface area contributed by atoms with Gasteiger partial charge < -0.3 is 10.6 Å². The highest BCUT2D eigenvalue weighted by atomic mass is 16.2. The third kappa shape index (κ3) is 5.74.